The van der Waals surface area contributed by atoms with Gasteiger partial charge in [0.15, 0.2) is 0 Å². The highest BCUT2D eigenvalue weighted by Gasteiger charge is 2.45. The monoisotopic (exact) mass is 384 g/mol. The van der Waals surface area contributed by atoms with Crippen molar-refractivity contribution in [2.24, 2.45) is 5.92 Å². The predicted octanol–water partition coefficient (Wildman–Crippen LogP) is 3.67. The summed E-state index contributed by atoms with van der Waals surface area (Å²) in [5, 5.41) is 3.79. The van der Waals surface area contributed by atoms with Crippen LogP contribution in [-0.4, -0.2) is 42.2 Å². The Morgan fingerprint density at radius 3 is 2.74 bits per heavy atom. The molecule has 4 rings (SSSR count). The highest BCUT2D eigenvalue weighted by atomic mass is 19.4. The van der Waals surface area contributed by atoms with Crippen molar-refractivity contribution in [2.75, 3.05) is 19.8 Å². The Morgan fingerprint density at radius 1 is 1.19 bits per heavy atom. The summed E-state index contributed by atoms with van der Waals surface area (Å²) in [6.07, 6.45) is -4.84. The molecule has 0 amide bonds. The number of rotatable bonds is 4. The van der Waals surface area contributed by atoms with Crippen molar-refractivity contribution in [2.45, 2.75) is 38.1 Å². The standard InChI is InChI=1S/C18H19F3N2O4/c1-9(2)26-10-3-4-11(14(5-10)18(19,20)21)16-22-17(27-23-16)13-7-25-15-8-24-6-12(13)15/h3-5,9,12-13,15H,6-8H2,1-2H3. The molecule has 0 saturated carbocycles. The molecule has 6 nitrogen and oxygen atoms in total. The number of alkyl halides is 3. The van der Waals surface area contributed by atoms with Crippen molar-refractivity contribution in [1.82, 2.24) is 10.1 Å². The quantitative estimate of drug-likeness (QED) is 0.801. The number of hydrogen-bond acceptors (Lipinski definition) is 6. The molecule has 3 atom stereocenters. The van der Waals surface area contributed by atoms with Crippen molar-refractivity contribution in [3.8, 4) is 17.1 Å². The fourth-order valence-corrected chi connectivity index (χ4v) is 3.50. The molecule has 0 aliphatic carbocycles. The van der Waals surface area contributed by atoms with Crippen LogP contribution < -0.4 is 4.74 Å². The van der Waals surface area contributed by atoms with Gasteiger partial charge >= 0.3 is 6.18 Å². The molecule has 2 saturated heterocycles. The zero-order chi connectivity index (χ0) is 19.2. The van der Waals surface area contributed by atoms with E-state index in [0.717, 1.165) is 6.07 Å². The van der Waals surface area contributed by atoms with Gasteiger partial charge in [-0.05, 0) is 32.0 Å². The third-order valence-electron chi connectivity index (χ3n) is 4.74. The molecule has 1 aromatic carbocycles. The van der Waals surface area contributed by atoms with E-state index in [1.807, 2.05) is 0 Å². The van der Waals surface area contributed by atoms with Gasteiger partial charge in [-0.15, -0.1) is 0 Å². The van der Waals surface area contributed by atoms with Crippen LogP contribution in [0.3, 0.4) is 0 Å². The molecule has 0 N–H and O–H groups in total. The first-order chi connectivity index (χ1) is 12.8. The summed E-state index contributed by atoms with van der Waals surface area (Å²) < 4.78 is 62.4. The fourth-order valence-electron chi connectivity index (χ4n) is 3.50. The third kappa shape index (κ3) is 3.53. The summed E-state index contributed by atoms with van der Waals surface area (Å²) in [4.78, 5) is 4.23. The maximum atomic E-state index is 13.6. The SMILES string of the molecule is CC(C)Oc1ccc(-c2noc(C3COC4COCC43)n2)c(C(F)(F)F)c1. The Morgan fingerprint density at radius 2 is 2.00 bits per heavy atom. The van der Waals surface area contributed by atoms with Gasteiger partial charge in [-0.25, -0.2) is 0 Å². The van der Waals surface area contributed by atoms with Crippen LogP contribution in [0.2, 0.25) is 0 Å². The Hall–Kier alpha value is -2.13. The average Bonchev–Trinajstić information content (AvgIpc) is 3.29. The van der Waals surface area contributed by atoms with Crippen molar-refractivity contribution < 1.29 is 31.9 Å². The predicted molar refractivity (Wildman–Crippen MR) is 87.3 cm³/mol. The van der Waals surface area contributed by atoms with E-state index in [1.54, 1.807) is 13.8 Å². The van der Waals surface area contributed by atoms with Gasteiger partial charge in [0.2, 0.25) is 11.7 Å². The van der Waals surface area contributed by atoms with E-state index >= 15 is 0 Å². The van der Waals surface area contributed by atoms with Gasteiger partial charge < -0.3 is 18.7 Å². The number of ether oxygens (including phenoxy) is 3. The summed E-state index contributed by atoms with van der Waals surface area (Å²) in [6, 6.07) is 3.74. The zero-order valence-corrected chi connectivity index (χ0v) is 14.8. The second-order valence-corrected chi connectivity index (χ2v) is 7.01. The molecule has 2 aliphatic heterocycles. The van der Waals surface area contributed by atoms with Gasteiger partial charge in [0.25, 0.3) is 0 Å². The Labute approximate surface area is 153 Å². The van der Waals surface area contributed by atoms with E-state index in [0.29, 0.717) is 19.8 Å². The van der Waals surface area contributed by atoms with E-state index in [1.165, 1.54) is 12.1 Å². The van der Waals surface area contributed by atoms with Gasteiger partial charge in [-0.3, -0.25) is 0 Å². The van der Waals surface area contributed by atoms with E-state index in [4.69, 9.17) is 18.7 Å². The van der Waals surface area contributed by atoms with Gasteiger partial charge in [0.05, 0.1) is 43.5 Å². The van der Waals surface area contributed by atoms with E-state index in [-0.39, 0.29) is 47.1 Å². The Balaban J connectivity index is 1.66. The lowest BCUT2D eigenvalue weighted by Gasteiger charge is -2.15. The van der Waals surface area contributed by atoms with Crippen LogP contribution >= 0.6 is 0 Å². The van der Waals surface area contributed by atoms with E-state index in [9.17, 15) is 13.2 Å². The van der Waals surface area contributed by atoms with Gasteiger partial charge in [-0.1, -0.05) is 5.16 Å². The number of halogens is 3. The van der Waals surface area contributed by atoms with Crippen LogP contribution in [0.1, 0.15) is 31.2 Å². The van der Waals surface area contributed by atoms with Gasteiger partial charge in [0.1, 0.15) is 5.75 Å². The van der Waals surface area contributed by atoms with Crippen molar-refractivity contribution in [1.29, 1.82) is 0 Å². The van der Waals surface area contributed by atoms with Crippen LogP contribution in [0.4, 0.5) is 13.2 Å². The molecule has 2 aliphatic rings. The molecule has 146 valence electrons. The highest BCUT2D eigenvalue weighted by Crippen LogP contribution is 2.41. The minimum Gasteiger partial charge on any atom is -0.491 e. The van der Waals surface area contributed by atoms with Gasteiger partial charge in [-0.2, -0.15) is 18.2 Å². The first-order valence-electron chi connectivity index (χ1n) is 8.74. The normalized spacial score (nSPS) is 25.2. The molecule has 9 heteroatoms. The first-order valence-corrected chi connectivity index (χ1v) is 8.74. The van der Waals surface area contributed by atoms with Crippen LogP contribution in [0.5, 0.6) is 5.75 Å². The number of nitrogens with zero attached hydrogens (tertiary/aromatic N) is 2. The molecule has 1 aromatic heterocycles. The molecule has 0 radical (unpaired) electrons. The third-order valence-corrected chi connectivity index (χ3v) is 4.74. The average molecular weight is 384 g/mol. The van der Waals surface area contributed by atoms with Crippen molar-refractivity contribution >= 4 is 0 Å². The topological polar surface area (TPSA) is 66.6 Å². The summed E-state index contributed by atoms with van der Waals surface area (Å²) in [7, 11) is 0. The summed E-state index contributed by atoms with van der Waals surface area (Å²) in [6.45, 7) is 4.92. The Kier molecular flexibility index (Phi) is 4.59. The maximum absolute atomic E-state index is 13.6. The van der Waals surface area contributed by atoms with Gasteiger partial charge in [0, 0.05) is 11.5 Å². The van der Waals surface area contributed by atoms with Crippen LogP contribution in [0.15, 0.2) is 22.7 Å². The molecule has 0 bridgehead atoms. The number of benzene rings is 1. The lowest BCUT2D eigenvalue weighted by Crippen LogP contribution is -2.17. The zero-order valence-electron chi connectivity index (χ0n) is 14.8. The second kappa shape index (κ2) is 6.79. The molecular weight excluding hydrogens is 365 g/mol. The van der Waals surface area contributed by atoms with Crippen molar-refractivity contribution in [3.63, 3.8) is 0 Å². The molecular formula is C18H19F3N2O4. The molecule has 2 fully saturated rings. The maximum Gasteiger partial charge on any atom is 0.417 e. The minimum atomic E-state index is -4.58. The summed E-state index contributed by atoms with van der Waals surface area (Å²) in [5.74, 6) is 0.230. The molecule has 3 heterocycles. The minimum absolute atomic E-state index is 0.0245. The highest BCUT2D eigenvalue weighted by molar-refractivity contribution is 5.62. The molecule has 27 heavy (non-hydrogen) atoms. The Bertz CT molecular complexity index is 821. The number of aromatic nitrogens is 2. The number of hydrogen-bond donors (Lipinski definition) is 0. The van der Waals surface area contributed by atoms with Crippen LogP contribution in [-0.2, 0) is 15.7 Å². The summed E-state index contributed by atoms with van der Waals surface area (Å²) >= 11 is 0. The van der Waals surface area contributed by atoms with E-state index < -0.39 is 11.7 Å². The smallest absolute Gasteiger partial charge is 0.417 e. The first kappa shape index (κ1) is 18.2. The van der Waals surface area contributed by atoms with Crippen LogP contribution in [0, 0.1) is 5.92 Å². The lowest BCUT2D eigenvalue weighted by atomic mass is 9.93. The largest absolute Gasteiger partial charge is 0.491 e. The lowest BCUT2D eigenvalue weighted by molar-refractivity contribution is -0.137. The molecule has 3 unspecified atom stereocenters. The van der Waals surface area contributed by atoms with Crippen molar-refractivity contribution in [3.05, 3.63) is 29.7 Å². The molecule has 2 aromatic rings. The molecule has 0 spiro atoms. The fraction of sp³-hybridized carbons (Fsp3) is 0.556. The van der Waals surface area contributed by atoms with E-state index in [2.05, 4.69) is 10.1 Å². The van der Waals surface area contributed by atoms with Crippen LogP contribution in [0.25, 0.3) is 11.4 Å². The second-order valence-electron chi connectivity index (χ2n) is 7.01. The number of fused-ring (bicyclic) bond motifs is 1. The summed E-state index contributed by atoms with van der Waals surface area (Å²) in [5.41, 5.74) is -1.01.